The molecule has 0 radical (unpaired) electrons. The molecule has 0 bridgehead atoms. The molecule has 2 aromatic heterocycles. The molecule has 210 valence electrons. The number of hydrogen-bond donors (Lipinski definition) is 0. The second-order valence-corrected chi connectivity index (χ2v) is 11.7. The largest absolute Gasteiger partial charge is 0.275 e. The van der Waals surface area contributed by atoms with Gasteiger partial charge in [0.15, 0.2) is 0 Å². The second kappa shape index (κ2) is 10.0. The van der Waals surface area contributed by atoms with Crippen LogP contribution in [0.2, 0.25) is 0 Å². The molecule has 2 heteroatoms. The fourth-order valence-corrected chi connectivity index (χ4v) is 6.91. The van der Waals surface area contributed by atoms with Crippen molar-refractivity contribution in [3.63, 3.8) is 0 Å². The lowest BCUT2D eigenvalue weighted by molar-refractivity contribution is 1.21. The van der Waals surface area contributed by atoms with Gasteiger partial charge in [-0.25, -0.2) is 0 Å². The van der Waals surface area contributed by atoms with Gasteiger partial charge in [0, 0.05) is 21.5 Å². The Morgan fingerprint density at radius 2 is 0.711 bits per heavy atom. The highest BCUT2D eigenvalue weighted by atomic mass is 16.1. The highest BCUT2D eigenvalue weighted by Crippen LogP contribution is 2.39. The minimum Gasteiger partial charge on any atom is -0.275 e. The fraction of sp³-hybridized carbons (Fsp3) is 0. The molecule has 0 aliphatic heterocycles. The molecule has 0 N–H and O–H groups in total. The molecule has 0 aliphatic rings. The average Bonchev–Trinajstić information content (AvgIpc) is 3.45. The summed E-state index contributed by atoms with van der Waals surface area (Å²) in [5, 5.41) is 4.99. The molecule has 0 unspecified atom stereocenters. The zero-order valence-corrected chi connectivity index (χ0v) is 24.4. The Kier molecular flexibility index (Phi) is 5.69. The second-order valence-electron chi connectivity index (χ2n) is 11.7. The molecule has 0 spiro atoms. The number of nitrogens with zero attached hydrogens (tertiary/aromatic N) is 1. The highest BCUT2D eigenvalue weighted by Gasteiger charge is 2.19. The maximum absolute atomic E-state index is 14.0. The third-order valence-corrected chi connectivity index (χ3v) is 9.16. The smallest absolute Gasteiger partial charge is 0.263 e. The minimum absolute atomic E-state index is 0.0260. The first-order valence-electron chi connectivity index (χ1n) is 15.3. The summed E-state index contributed by atoms with van der Waals surface area (Å²) in [6.45, 7) is 0. The van der Waals surface area contributed by atoms with Crippen LogP contribution in [0.1, 0.15) is 0 Å². The monoisotopic (exact) mass is 573 g/mol. The number of benzene rings is 7. The van der Waals surface area contributed by atoms with E-state index in [4.69, 9.17) is 0 Å². The molecule has 9 rings (SSSR count). The van der Waals surface area contributed by atoms with Gasteiger partial charge in [0.1, 0.15) is 0 Å². The van der Waals surface area contributed by atoms with Crippen LogP contribution in [0.25, 0.3) is 82.5 Å². The zero-order chi connectivity index (χ0) is 29.9. The van der Waals surface area contributed by atoms with Gasteiger partial charge in [-0.3, -0.25) is 9.20 Å². The summed E-state index contributed by atoms with van der Waals surface area (Å²) in [4.78, 5) is 14.0. The maximum atomic E-state index is 14.0. The Balaban J connectivity index is 1.26. The Bertz CT molecular complexity index is 2560. The third-order valence-electron chi connectivity index (χ3n) is 9.16. The molecule has 9 aromatic rings. The number of fused-ring (bicyclic) bond motifs is 5. The topological polar surface area (TPSA) is 21.5 Å². The van der Waals surface area contributed by atoms with Gasteiger partial charge in [-0.1, -0.05) is 133 Å². The molecule has 0 amide bonds. The summed E-state index contributed by atoms with van der Waals surface area (Å²) >= 11 is 0. The van der Waals surface area contributed by atoms with Crippen LogP contribution in [0.4, 0.5) is 0 Å². The van der Waals surface area contributed by atoms with Crippen molar-refractivity contribution in [2.45, 2.75) is 0 Å². The van der Waals surface area contributed by atoms with Gasteiger partial charge in [-0.2, -0.15) is 0 Å². The Hall–Kier alpha value is -5.99. The van der Waals surface area contributed by atoms with Crippen LogP contribution in [0, 0.1) is 0 Å². The molecular formula is C43H27NO. The predicted molar refractivity (Wildman–Crippen MR) is 189 cm³/mol. The maximum Gasteiger partial charge on any atom is 0.263 e. The summed E-state index contributed by atoms with van der Waals surface area (Å²) in [7, 11) is 0. The van der Waals surface area contributed by atoms with E-state index in [1.165, 1.54) is 22.3 Å². The van der Waals surface area contributed by atoms with Gasteiger partial charge in [-0.05, 0) is 80.2 Å². The molecule has 2 nitrogen and oxygen atoms in total. The molecule has 0 saturated heterocycles. The normalized spacial score (nSPS) is 11.6. The van der Waals surface area contributed by atoms with E-state index in [0.29, 0.717) is 0 Å². The van der Waals surface area contributed by atoms with E-state index in [9.17, 15) is 4.79 Å². The standard InChI is InChI=1S/C43H27NO/c45-43-37-14-8-7-13-36(37)39-26-35(33-21-17-31(18-22-33)29-11-5-2-6-12-29)27-40-38-25-34(23-24-41(38)44(43)42(39)40)32-19-15-30(16-20-32)28-9-3-1-4-10-28/h1-27H. The van der Waals surface area contributed by atoms with Gasteiger partial charge in [0.05, 0.1) is 11.0 Å². The molecular weight excluding hydrogens is 546 g/mol. The molecule has 7 aromatic carbocycles. The number of pyridine rings is 1. The fourth-order valence-electron chi connectivity index (χ4n) is 6.91. The van der Waals surface area contributed by atoms with Crippen molar-refractivity contribution in [1.29, 1.82) is 0 Å². The average molecular weight is 574 g/mol. The Morgan fingerprint density at radius 3 is 1.29 bits per heavy atom. The van der Waals surface area contributed by atoms with Gasteiger partial charge in [0.2, 0.25) is 0 Å². The number of hydrogen-bond acceptors (Lipinski definition) is 1. The van der Waals surface area contributed by atoms with E-state index in [1.54, 1.807) is 0 Å². The first kappa shape index (κ1) is 25.5. The quantitative estimate of drug-likeness (QED) is 0.192. The first-order chi connectivity index (χ1) is 22.2. The van der Waals surface area contributed by atoms with Crippen LogP contribution in [0.5, 0.6) is 0 Å². The van der Waals surface area contributed by atoms with E-state index < -0.39 is 0 Å². The SMILES string of the molecule is O=c1c2ccccc2c2cc(-c3ccc(-c4ccccc4)cc3)cc3c4cc(-c5ccc(-c6ccccc6)cc5)ccc4n1c23. The summed E-state index contributed by atoms with van der Waals surface area (Å²) in [6, 6.07) is 57.5. The van der Waals surface area contributed by atoms with E-state index >= 15 is 0 Å². The molecule has 0 saturated carbocycles. The molecule has 0 aliphatic carbocycles. The summed E-state index contributed by atoms with van der Waals surface area (Å²) in [6.07, 6.45) is 0. The van der Waals surface area contributed by atoms with Crippen molar-refractivity contribution in [3.05, 3.63) is 174 Å². The van der Waals surface area contributed by atoms with Crippen LogP contribution < -0.4 is 5.56 Å². The number of aromatic nitrogens is 1. The lowest BCUT2D eigenvalue weighted by Gasteiger charge is -2.10. The summed E-state index contributed by atoms with van der Waals surface area (Å²) < 4.78 is 1.92. The zero-order valence-electron chi connectivity index (χ0n) is 24.4. The summed E-state index contributed by atoms with van der Waals surface area (Å²) in [5.74, 6) is 0. The molecule has 0 fully saturated rings. The van der Waals surface area contributed by atoms with Gasteiger partial charge in [0.25, 0.3) is 5.56 Å². The van der Waals surface area contributed by atoms with Crippen molar-refractivity contribution in [3.8, 4) is 44.5 Å². The third kappa shape index (κ3) is 4.07. The van der Waals surface area contributed by atoms with Crippen molar-refractivity contribution >= 4 is 38.0 Å². The molecule has 0 atom stereocenters. The predicted octanol–water partition coefficient (Wildman–Crippen LogP) is 10.9. The van der Waals surface area contributed by atoms with Crippen molar-refractivity contribution < 1.29 is 0 Å². The minimum atomic E-state index is 0.0260. The lowest BCUT2D eigenvalue weighted by atomic mass is 9.95. The van der Waals surface area contributed by atoms with Crippen LogP contribution >= 0.6 is 0 Å². The van der Waals surface area contributed by atoms with Gasteiger partial charge in [-0.15, -0.1) is 0 Å². The van der Waals surface area contributed by atoms with Crippen LogP contribution in [-0.2, 0) is 0 Å². The van der Waals surface area contributed by atoms with Gasteiger partial charge >= 0.3 is 0 Å². The van der Waals surface area contributed by atoms with E-state index in [1.807, 2.05) is 34.7 Å². The highest BCUT2D eigenvalue weighted by molar-refractivity contribution is 6.22. The Morgan fingerprint density at radius 1 is 0.311 bits per heavy atom. The summed E-state index contributed by atoms with van der Waals surface area (Å²) in [5.41, 5.74) is 11.3. The molecule has 45 heavy (non-hydrogen) atoms. The van der Waals surface area contributed by atoms with Gasteiger partial charge < -0.3 is 0 Å². The van der Waals surface area contributed by atoms with Crippen molar-refractivity contribution in [2.24, 2.45) is 0 Å². The van der Waals surface area contributed by atoms with E-state index in [2.05, 4.69) is 133 Å². The molecule has 2 heterocycles. The first-order valence-corrected chi connectivity index (χ1v) is 15.3. The lowest BCUT2D eigenvalue weighted by Crippen LogP contribution is -2.12. The van der Waals surface area contributed by atoms with Crippen molar-refractivity contribution in [2.75, 3.05) is 0 Å². The van der Waals surface area contributed by atoms with Crippen LogP contribution in [0.3, 0.4) is 0 Å². The van der Waals surface area contributed by atoms with E-state index in [0.717, 1.165) is 60.2 Å². The van der Waals surface area contributed by atoms with E-state index in [-0.39, 0.29) is 5.56 Å². The van der Waals surface area contributed by atoms with Crippen LogP contribution in [-0.4, -0.2) is 4.40 Å². The Labute approximate surface area is 260 Å². The van der Waals surface area contributed by atoms with Crippen molar-refractivity contribution in [1.82, 2.24) is 4.40 Å². The number of rotatable bonds is 4. The van der Waals surface area contributed by atoms with Crippen LogP contribution in [0.15, 0.2) is 169 Å².